The van der Waals surface area contributed by atoms with Crippen molar-refractivity contribution in [2.45, 2.75) is 52.5 Å². The normalized spacial score (nSPS) is 39.7. The lowest BCUT2D eigenvalue weighted by atomic mass is 9.79. The summed E-state index contributed by atoms with van der Waals surface area (Å²) in [6, 6.07) is 0.887. The Morgan fingerprint density at radius 3 is 2.71 bits per heavy atom. The summed E-state index contributed by atoms with van der Waals surface area (Å²) in [6.45, 7) is 12.1. The zero-order valence-corrected chi connectivity index (χ0v) is 11.9. The van der Waals surface area contributed by atoms with E-state index in [1.807, 2.05) is 0 Å². The first kappa shape index (κ1) is 13.4. The van der Waals surface area contributed by atoms with Gasteiger partial charge < -0.3 is 5.32 Å². The van der Waals surface area contributed by atoms with Crippen LogP contribution in [0.1, 0.15) is 46.5 Å². The smallest absolute Gasteiger partial charge is 0.0121 e. The molecule has 0 aromatic carbocycles. The molecule has 4 unspecified atom stereocenters. The maximum atomic E-state index is 3.51. The van der Waals surface area contributed by atoms with Gasteiger partial charge in [0, 0.05) is 12.6 Å². The molecule has 0 bridgehead atoms. The quantitative estimate of drug-likeness (QED) is 0.810. The number of hydrogen-bond donors (Lipinski definition) is 1. The number of hydrogen-bond acceptors (Lipinski definition) is 2. The van der Waals surface area contributed by atoms with Gasteiger partial charge in [-0.15, -0.1) is 0 Å². The number of likely N-dealkylation sites (tertiary alicyclic amines) is 1. The Morgan fingerprint density at radius 2 is 2.00 bits per heavy atom. The van der Waals surface area contributed by atoms with Crippen molar-refractivity contribution in [2.75, 3.05) is 26.2 Å². The van der Waals surface area contributed by atoms with Gasteiger partial charge in [0.1, 0.15) is 0 Å². The molecule has 1 heterocycles. The number of nitrogens with one attached hydrogen (secondary N) is 1. The third kappa shape index (κ3) is 3.45. The van der Waals surface area contributed by atoms with Crippen LogP contribution < -0.4 is 5.32 Å². The molecule has 2 fully saturated rings. The topological polar surface area (TPSA) is 15.3 Å². The van der Waals surface area contributed by atoms with E-state index in [4.69, 9.17) is 0 Å². The maximum absolute atomic E-state index is 3.51. The maximum Gasteiger partial charge on any atom is 0.0121 e. The summed E-state index contributed by atoms with van der Waals surface area (Å²) >= 11 is 0. The molecule has 0 amide bonds. The fraction of sp³-hybridized carbons (Fsp3) is 1.00. The highest BCUT2D eigenvalue weighted by Crippen LogP contribution is 2.34. The molecule has 1 saturated carbocycles. The second kappa shape index (κ2) is 6.19. The third-order valence-electron chi connectivity index (χ3n) is 4.86. The van der Waals surface area contributed by atoms with E-state index in [9.17, 15) is 0 Å². The summed E-state index contributed by atoms with van der Waals surface area (Å²) in [6.07, 6.45) is 5.74. The molecule has 2 rings (SSSR count). The highest BCUT2D eigenvalue weighted by molar-refractivity contribution is 4.88. The van der Waals surface area contributed by atoms with Crippen molar-refractivity contribution in [1.29, 1.82) is 0 Å². The molecule has 0 aromatic heterocycles. The van der Waals surface area contributed by atoms with Gasteiger partial charge in [0.05, 0.1) is 0 Å². The molecule has 2 heteroatoms. The van der Waals surface area contributed by atoms with Crippen molar-refractivity contribution in [1.82, 2.24) is 10.2 Å². The lowest BCUT2D eigenvalue weighted by Crippen LogP contribution is -2.42. The van der Waals surface area contributed by atoms with Crippen LogP contribution in [0, 0.1) is 17.8 Å². The first-order chi connectivity index (χ1) is 8.20. The highest BCUT2D eigenvalue weighted by atomic mass is 15.2. The van der Waals surface area contributed by atoms with E-state index in [0.29, 0.717) is 0 Å². The summed E-state index contributed by atoms with van der Waals surface area (Å²) < 4.78 is 0. The van der Waals surface area contributed by atoms with Crippen LogP contribution in [0.3, 0.4) is 0 Å². The van der Waals surface area contributed by atoms with Gasteiger partial charge in [-0.25, -0.2) is 0 Å². The van der Waals surface area contributed by atoms with Gasteiger partial charge in [-0.2, -0.15) is 0 Å². The highest BCUT2D eigenvalue weighted by Gasteiger charge is 2.33. The van der Waals surface area contributed by atoms with Gasteiger partial charge in [-0.05, 0) is 63.1 Å². The fourth-order valence-corrected chi connectivity index (χ4v) is 3.87. The molecule has 100 valence electrons. The molecule has 2 nitrogen and oxygen atoms in total. The molecule has 1 N–H and O–H groups in total. The predicted molar refractivity (Wildman–Crippen MR) is 74.2 cm³/mol. The van der Waals surface area contributed by atoms with Gasteiger partial charge in [0.25, 0.3) is 0 Å². The Labute approximate surface area is 107 Å². The molecule has 1 saturated heterocycles. The molecule has 0 radical (unpaired) electrons. The van der Waals surface area contributed by atoms with Gasteiger partial charge in [0.15, 0.2) is 0 Å². The van der Waals surface area contributed by atoms with Crippen molar-refractivity contribution >= 4 is 0 Å². The summed E-state index contributed by atoms with van der Waals surface area (Å²) in [5.41, 5.74) is 0. The molecule has 4 atom stereocenters. The van der Waals surface area contributed by atoms with Crippen LogP contribution in [0.2, 0.25) is 0 Å². The van der Waals surface area contributed by atoms with Gasteiger partial charge >= 0.3 is 0 Å². The second-order valence-corrected chi connectivity index (χ2v) is 6.42. The van der Waals surface area contributed by atoms with Crippen molar-refractivity contribution in [3.05, 3.63) is 0 Å². The van der Waals surface area contributed by atoms with E-state index < -0.39 is 0 Å². The standard InChI is InChI=1S/C15H30N2/c1-4-16-10-14-7-8-17(11-14)15-6-5-12(2)9-13(15)3/h12-16H,4-11H2,1-3H3. The SMILES string of the molecule is CCNCC1CCN(C2CCC(C)CC2C)C1. The average molecular weight is 238 g/mol. The van der Waals surface area contributed by atoms with E-state index in [1.54, 1.807) is 0 Å². The number of nitrogens with zero attached hydrogens (tertiary/aromatic N) is 1. The Hall–Kier alpha value is -0.0800. The molecule has 0 aromatic rings. The Kier molecular flexibility index (Phi) is 4.87. The van der Waals surface area contributed by atoms with Crippen molar-refractivity contribution in [3.8, 4) is 0 Å². The van der Waals surface area contributed by atoms with Crippen LogP contribution >= 0.6 is 0 Å². The molecule has 1 aliphatic heterocycles. The molecule has 2 aliphatic rings. The van der Waals surface area contributed by atoms with Crippen molar-refractivity contribution in [2.24, 2.45) is 17.8 Å². The van der Waals surface area contributed by atoms with Gasteiger partial charge in [-0.1, -0.05) is 20.8 Å². The number of rotatable bonds is 4. The zero-order valence-electron chi connectivity index (χ0n) is 11.9. The van der Waals surface area contributed by atoms with Crippen LogP contribution in [0.4, 0.5) is 0 Å². The predicted octanol–water partition coefficient (Wildman–Crippen LogP) is 2.74. The first-order valence-electron chi connectivity index (χ1n) is 7.65. The van der Waals surface area contributed by atoms with E-state index in [1.165, 1.54) is 45.3 Å². The Balaban J connectivity index is 1.79. The fourth-order valence-electron chi connectivity index (χ4n) is 3.87. The van der Waals surface area contributed by atoms with Crippen LogP contribution in [-0.4, -0.2) is 37.1 Å². The molecule has 17 heavy (non-hydrogen) atoms. The second-order valence-electron chi connectivity index (χ2n) is 6.42. The van der Waals surface area contributed by atoms with E-state index >= 15 is 0 Å². The zero-order chi connectivity index (χ0) is 12.3. The lowest BCUT2D eigenvalue weighted by Gasteiger charge is -2.38. The van der Waals surface area contributed by atoms with Crippen molar-refractivity contribution < 1.29 is 0 Å². The molecule has 0 spiro atoms. The summed E-state index contributed by atoms with van der Waals surface area (Å²) in [5.74, 6) is 2.78. The minimum absolute atomic E-state index is 0.887. The van der Waals surface area contributed by atoms with Crippen molar-refractivity contribution in [3.63, 3.8) is 0 Å². The van der Waals surface area contributed by atoms with Gasteiger partial charge in [0.2, 0.25) is 0 Å². The summed E-state index contributed by atoms with van der Waals surface area (Å²) in [5, 5.41) is 3.51. The monoisotopic (exact) mass is 238 g/mol. The largest absolute Gasteiger partial charge is 0.317 e. The van der Waals surface area contributed by atoms with Crippen LogP contribution in [0.5, 0.6) is 0 Å². The van der Waals surface area contributed by atoms with E-state index in [0.717, 1.165) is 30.3 Å². The molecule has 1 aliphatic carbocycles. The molecular formula is C15H30N2. The van der Waals surface area contributed by atoms with E-state index in [-0.39, 0.29) is 0 Å². The average Bonchev–Trinajstić information content (AvgIpc) is 2.75. The summed E-state index contributed by atoms with van der Waals surface area (Å²) in [7, 11) is 0. The van der Waals surface area contributed by atoms with Crippen LogP contribution in [-0.2, 0) is 0 Å². The Morgan fingerprint density at radius 1 is 1.18 bits per heavy atom. The van der Waals surface area contributed by atoms with Gasteiger partial charge in [-0.3, -0.25) is 4.90 Å². The van der Waals surface area contributed by atoms with Crippen LogP contribution in [0.25, 0.3) is 0 Å². The van der Waals surface area contributed by atoms with Crippen LogP contribution in [0.15, 0.2) is 0 Å². The lowest BCUT2D eigenvalue weighted by molar-refractivity contribution is 0.112. The first-order valence-corrected chi connectivity index (χ1v) is 7.65. The minimum atomic E-state index is 0.887. The minimum Gasteiger partial charge on any atom is -0.317 e. The Bertz CT molecular complexity index is 229. The summed E-state index contributed by atoms with van der Waals surface area (Å²) in [4.78, 5) is 2.79. The molecular weight excluding hydrogens is 208 g/mol. The van der Waals surface area contributed by atoms with E-state index in [2.05, 4.69) is 31.0 Å². The third-order valence-corrected chi connectivity index (χ3v) is 4.86.